The van der Waals surface area contributed by atoms with Gasteiger partial charge in [0.25, 0.3) is 5.91 Å². The second kappa shape index (κ2) is 10.7. The molecule has 0 bridgehead atoms. The Bertz CT molecular complexity index is 1240. The molecular formula is C27H32N2O4S. The monoisotopic (exact) mass is 480 g/mol. The molecule has 3 aromatic rings. The lowest BCUT2D eigenvalue weighted by molar-refractivity contribution is -0.123. The minimum atomic E-state index is -3.48. The number of carbonyl (C=O) groups excluding carboxylic acids is 1. The number of hydrogen-bond donors (Lipinski definition) is 1. The Labute approximate surface area is 202 Å². The number of hydrogen-bond acceptors (Lipinski definition) is 4. The summed E-state index contributed by atoms with van der Waals surface area (Å²) in [6, 6.07) is 20.2. The quantitative estimate of drug-likeness (QED) is 0.476. The van der Waals surface area contributed by atoms with Crippen molar-refractivity contribution in [1.82, 2.24) is 5.32 Å². The molecule has 0 aliphatic rings. The number of sulfonamides is 1. The van der Waals surface area contributed by atoms with Crippen LogP contribution in [0, 0.1) is 20.8 Å². The number of nitrogens with zero attached hydrogens (tertiary/aromatic N) is 1. The predicted molar refractivity (Wildman–Crippen MR) is 137 cm³/mol. The van der Waals surface area contributed by atoms with E-state index in [1.807, 2.05) is 44.2 Å². The van der Waals surface area contributed by atoms with Crippen molar-refractivity contribution in [3.63, 3.8) is 0 Å². The Balaban J connectivity index is 1.61. The van der Waals surface area contributed by atoms with Gasteiger partial charge in [0.1, 0.15) is 5.75 Å². The van der Waals surface area contributed by atoms with Gasteiger partial charge in [-0.1, -0.05) is 42.5 Å². The molecule has 180 valence electrons. The van der Waals surface area contributed by atoms with E-state index in [-0.39, 0.29) is 25.1 Å². The maximum atomic E-state index is 12.4. The van der Waals surface area contributed by atoms with Gasteiger partial charge >= 0.3 is 0 Å². The SMILES string of the molecule is Cc1cc(C)c([C@@H](C)NC(=O)COc2ccc(N(Cc3ccccc3)S(C)(=O)=O)cc2)cc1C. The largest absolute Gasteiger partial charge is 0.484 e. The van der Waals surface area contributed by atoms with Gasteiger partial charge in [-0.3, -0.25) is 9.10 Å². The van der Waals surface area contributed by atoms with Gasteiger partial charge in [0.2, 0.25) is 10.0 Å². The fourth-order valence-corrected chi connectivity index (χ4v) is 4.71. The summed E-state index contributed by atoms with van der Waals surface area (Å²) in [7, 11) is -3.48. The second-order valence-electron chi connectivity index (χ2n) is 8.62. The normalized spacial score (nSPS) is 12.1. The Morgan fingerprint density at radius 2 is 1.56 bits per heavy atom. The van der Waals surface area contributed by atoms with Crippen LogP contribution in [0.5, 0.6) is 5.75 Å². The summed E-state index contributed by atoms with van der Waals surface area (Å²) in [5.74, 6) is 0.262. The van der Waals surface area contributed by atoms with Crippen molar-refractivity contribution < 1.29 is 17.9 Å². The van der Waals surface area contributed by atoms with Crippen LogP contribution in [0.3, 0.4) is 0 Å². The van der Waals surface area contributed by atoms with Gasteiger partial charge in [-0.2, -0.15) is 0 Å². The molecule has 3 rings (SSSR count). The van der Waals surface area contributed by atoms with E-state index in [2.05, 4.69) is 31.3 Å². The van der Waals surface area contributed by atoms with Crippen LogP contribution in [-0.2, 0) is 21.4 Å². The topological polar surface area (TPSA) is 75.7 Å². The van der Waals surface area contributed by atoms with E-state index in [1.54, 1.807) is 24.3 Å². The van der Waals surface area contributed by atoms with Gasteiger partial charge in [-0.25, -0.2) is 8.42 Å². The molecule has 0 heterocycles. The molecule has 0 spiro atoms. The summed E-state index contributed by atoms with van der Waals surface area (Å²) in [4.78, 5) is 12.4. The second-order valence-corrected chi connectivity index (χ2v) is 10.5. The Morgan fingerprint density at radius 3 is 2.18 bits per heavy atom. The molecule has 0 unspecified atom stereocenters. The lowest BCUT2D eigenvalue weighted by Crippen LogP contribution is -2.31. The van der Waals surface area contributed by atoms with E-state index in [0.717, 1.165) is 16.7 Å². The van der Waals surface area contributed by atoms with Crippen molar-refractivity contribution in [2.75, 3.05) is 17.2 Å². The maximum absolute atomic E-state index is 12.4. The van der Waals surface area contributed by atoms with E-state index in [1.165, 1.54) is 21.7 Å². The third-order valence-corrected chi connectivity index (χ3v) is 6.93. The number of aryl methyl sites for hydroxylation is 3. The molecule has 0 aliphatic carbocycles. The highest BCUT2D eigenvalue weighted by molar-refractivity contribution is 7.92. The van der Waals surface area contributed by atoms with Gasteiger partial charge in [0.05, 0.1) is 24.5 Å². The van der Waals surface area contributed by atoms with Crippen LogP contribution in [0.25, 0.3) is 0 Å². The van der Waals surface area contributed by atoms with E-state index < -0.39 is 10.0 Å². The zero-order chi connectivity index (χ0) is 24.9. The van der Waals surface area contributed by atoms with Gasteiger partial charge < -0.3 is 10.1 Å². The molecule has 6 nitrogen and oxygen atoms in total. The first-order chi connectivity index (χ1) is 16.0. The zero-order valence-electron chi connectivity index (χ0n) is 20.3. The molecule has 0 saturated heterocycles. The maximum Gasteiger partial charge on any atom is 0.258 e. The summed E-state index contributed by atoms with van der Waals surface area (Å²) in [6.45, 7) is 8.23. The summed E-state index contributed by atoms with van der Waals surface area (Å²) < 4.78 is 31.7. The third-order valence-electron chi connectivity index (χ3n) is 5.79. The summed E-state index contributed by atoms with van der Waals surface area (Å²) in [5.41, 5.74) is 6.05. The first-order valence-corrected chi connectivity index (χ1v) is 13.0. The molecule has 0 fully saturated rings. The lowest BCUT2D eigenvalue weighted by Gasteiger charge is -2.23. The number of anilines is 1. The highest BCUT2D eigenvalue weighted by atomic mass is 32.2. The molecule has 0 saturated carbocycles. The van der Waals surface area contributed by atoms with Crippen LogP contribution in [0.15, 0.2) is 66.7 Å². The minimum Gasteiger partial charge on any atom is -0.484 e. The van der Waals surface area contributed by atoms with E-state index in [0.29, 0.717) is 11.4 Å². The number of benzene rings is 3. The zero-order valence-corrected chi connectivity index (χ0v) is 21.1. The van der Waals surface area contributed by atoms with Crippen molar-refractivity contribution in [3.8, 4) is 5.75 Å². The average molecular weight is 481 g/mol. The molecule has 0 aliphatic heterocycles. The van der Waals surface area contributed by atoms with Crippen molar-refractivity contribution in [1.29, 1.82) is 0 Å². The molecule has 34 heavy (non-hydrogen) atoms. The molecule has 0 radical (unpaired) electrons. The fraction of sp³-hybridized carbons (Fsp3) is 0.296. The summed E-state index contributed by atoms with van der Waals surface area (Å²) >= 11 is 0. The molecular weight excluding hydrogens is 448 g/mol. The van der Waals surface area contributed by atoms with Crippen LogP contribution in [0.4, 0.5) is 5.69 Å². The first-order valence-electron chi connectivity index (χ1n) is 11.2. The minimum absolute atomic E-state index is 0.132. The third kappa shape index (κ3) is 6.60. The number of rotatable bonds is 9. The number of ether oxygens (including phenoxy) is 1. The molecule has 3 aromatic carbocycles. The van der Waals surface area contributed by atoms with E-state index in [4.69, 9.17) is 4.74 Å². The van der Waals surface area contributed by atoms with Crippen LogP contribution >= 0.6 is 0 Å². The molecule has 1 atom stereocenters. The summed E-state index contributed by atoms with van der Waals surface area (Å²) in [5, 5.41) is 2.98. The van der Waals surface area contributed by atoms with Gasteiger partial charge in [0.15, 0.2) is 6.61 Å². The summed E-state index contributed by atoms with van der Waals surface area (Å²) in [6.07, 6.45) is 1.18. The number of carbonyl (C=O) groups is 1. The van der Waals surface area contributed by atoms with Crippen molar-refractivity contribution in [3.05, 3.63) is 94.5 Å². The van der Waals surface area contributed by atoms with Gasteiger partial charge in [-0.05, 0) is 79.8 Å². The average Bonchev–Trinajstić information content (AvgIpc) is 2.79. The molecule has 1 N–H and O–H groups in total. The number of nitrogens with one attached hydrogen (secondary N) is 1. The number of amides is 1. The Kier molecular flexibility index (Phi) is 7.99. The van der Waals surface area contributed by atoms with Crippen molar-refractivity contribution in [2.24, 2.45) is 0 Å². The standard InChI is InChI=1S/C27H32N2O4S/c1-19-15-21(3)26(16-20(19)2)22(4)28-27(30)18-33-25-13-11-24(12-14-25)29(34(5,31)32)17-23-9-7-6-8-10-23/h6-16,22H,17-18H2,1-5H3,(H,28,30)/t22-/m1/s1. The van der Waals surface area contributed by atoms with Gasteiger partial charge in [-0.15, -0.1) is 0 Å². The smallest absolute Gasteiger partial charge is 0.258 e. The molecule has 1 amide bonds. The van der Waals surface area contributed by atoms with E-state index >= 15 is 0 Å². The van der Waals surface area contributed by atoms with Crippen LogP contribution in [0.1, 0.15) is 40.8 Å². The van der Waals surface area contributed by atoms with Gasteiger partial charge in [0, 0.05) is 0 Å². The van der Waals surface area contributed by atoms with Crippen LogP contribution in [-0.4, -0.2) is 27.2 Å². The first kappa shape index (κ1) is 25.3. The molecule has 7 heteroatoms. The highest BCUT2D eigenvalue weighted by Gasteiger charge is 2.18. The van der Waals surface area contributed by atoms with Crippen LogP contribution in [0.2, 0.25) is 0 Å². The predicted octanol–water partition coefficient (Wildman–Crippen LogP) is 4.83. The molecule has 0 aromatic heterocycles. The van der Waals surface area contributed by atoms with Crippen LogP contribution < -0.4 is 14.4 Å². The Hall–Kier alpha value is -3.32. The fourth-order valence-electron chi connectivity index (χ4n) is 3.82. The Morgan fingerprint density at radius 1 is 0.941 bits per heavy atom. The van der Waals surface area contributed by atoms with Crippen molar-refractivity contribution >= 4 is 21.6 Å². The van der Waals surface area contributed by atoms with Crippen molar-refractivity contribution in [2.45, 2.75) is 40.3 Å². The van der Waals surface area contributed by atoms with E-state index in [9.17, 15) is 13.2 Å². The lowest BCUT2D eigenvalue weighted by atomic mass is 9.96. The highest BCUT2D eigenvalue weighted by Crippen LogP contribution is 2.24.